The topological polar surface area (TPSA) is 67.2 Å². The second-order valence-electron chi connectivity index (χ2n) is 5.42. The van der Waals surface area contributed by atoms with E-state index in [1.165, 1.54) is 12.8 Å². The smallest absolute Gasteiger partial charge is 0.273 e. The lowest BCUT2D eigenvalue weighted by Gasteiger charge is -2.30. The Balaban J connectivity index is 2.12. The molecular formula is C14H20BrN3O2. The van der Waals surface area contributed by atoms with Gasteiger partial charge in [-0.1, -0.05) is 0 Å². The standard InChI is InChI=1S/C14H20BrN3O2/c1-9-6-13(12(15)7-14(9)18(19)20)17-10(2)11-4-3-5-16-8-11/h6-7,10-11,16-17H,3-5,8H2,1-2H3. The normalized spacial score (nSPS) is 20.4. The number of benzene rings is 1. The first-order chi connectivity index (χ1) is 9.49. The average molecular weight is 342 g/mol. The minimum atomic E-state index is -0.349. The van der Waals surface area contributed by atoms with Crippen LogP contribution in [-0.2, 0) is 0 Å². The van der Waals surface area contributed by atoms with Gasteiger partial charge in [0.15, 0.2) is 0 Å². The summed E-state index contributed by atoms with van der Waals surface area (Å²) in [5.41, 5.74) is 1.75. The van der Waals surface area contributed by atoms with E-state index in [1.807, 2.05) is 6.07 Å². The van der Waals surface area contributed by atoms with Crippen molar-refractivity contribution in [1.29, 1.82) is 0 Å². The minimum absolute atomic E-state index is 0.148. The summed E-state index contributed by atoms with van der Waals surface area (Å²) in [6, 6.07) is 3.75. The highest BCUT2D eigenvalue weighted by Crippen LogP contribution is 2.32. The maximum absolute atomic E-state index is 10.9. The van der Waals surface area contributed by atoms with E-state index in [0.29, 0.717) is 17.5 Å². The van der Waals surface area contributed by atoms with Gasteiger partial charge < -0.3 is 10.6 Å². The van der Waals surface area contributed by atoms with Crippen molar-refractivity contribution in [3.8, 4) is 0 Å². The van der Waals surface area contributed by atoms with Crippen LogP contribution in [0.25, 0.3) is 0 Å². The molecule has 2 rings (SSSR count). The molecule has 2 N–H and O–H groups in total. The van der Waals surface area contributed by atoms with Crippen molar-refractivity contribution in [2.45, 2.75) is 32.7 Å². The summed E-state index contributed by atoms with van der Waals surface area (Å²) in [5, 5.41) is 17.8. The third-order valence-corrected chi connectivity index (χ3v) is 4.56. The van der Waals surface area contributed by atoms with E-state index in [2.05, 4.69) is 33.5 Å². The van der Waals surface area contributed by atoms with E-state index in [0.717, 1.165) is 23.2 Å². The summed E-state index contributed by atoms with van der Waals surface area (Å²) in [5.74, 6) is 0.589. The van der Waals surface area contributed by atoms with Crippen LogP contribution in [0.4, 0.5) is 11.4 Å². The number of nitro benzene ring substituents is 1. The molecule has 0 aromatic heterocycles. The molecule has 1 aromatic carbocycles. The zero-order valence-electron chi connectivity index (χ0n) is 11.8. The first kappa shape index (κ1) is 15.3. The van der Waals surface area contributed by atoms with Gasteiger partial charge in [0.1, 0.15) is 0 Å². The summed E-state index contributed by atoms with van der Waals surface area (Å²) in [7, 11) is 0. The van der Waals surface area contributed by atoms with Crippen LogP contribution in [0.2, 0.25) is 0 Å². The van der Waals surface area contributed by atoms with Crippen LogP contribution in [-0.4, -0.2) is 24.1 Å². The fourth-order valence-electron chi connectivity index (χ4n) is 2.65. The number of anilines is 1. The van der Waals surface area contributed by atoms with Crippen molar-refractivity contribution in [1.82, 2.24) is 5.32 Å². The number of rotatable bonds is 4. The molecule has 20 heavy (non-hydrogen) atoms. The van der Waals surface area contributed by atoms with Crippen molar-refractivity contribution < 1.29 is 4.92 Å². The molecule has 110 valence electrons. The maximum Gasteiger partial charge on any atom is 0.273 e. The Morgan fingerprint density at radius 1 is 1.55 bits per heavy atom. The number of nitro groups is 1. The van der Waals surface area contributed by atoms with Gasteiger partial charge in [0.05, 0.1) is 4.92 Å². The van der Waals surface area contributed by atoms with Crippen molar-refractivity contribution in [2.75, 3.05) is 18.4 Å². The molecule has 5 nitrogen and oxygen atoms in total. The number of hydrogen-bond donors (Lipinski definition) is 2. The molecule has 2 atom stereocenters. The second-order valence-corrected chi connectivity index (χ2v) is 6.27. The fraction of sp³-hybridized carbons (Fsp3) is 0.571. The Bertz CT molecular complexity index is 501. The number of halogens is 1. The lowest BCUT2D eigenvalue weighted by Crippen LogP contribution is -2.38. The molecule has 1 aromatic rings. The number of nitrogens with zero attached hydrogens (tertiary/aromatic N) is 1. The predicted molar refractivity (Wildman–Crippen MR) is 84.2 cm³/mol. The largest absolute Gasteiger partial charge is 0.381 e. The van der Waals surface area contributed by atoms with Crippen LogP contribution < -0.4 is 10.6 Å². The van der Waals surface area contributed by atoms with E-state index < -0.39 is 0 Å². The molecule has 0 aliphatic carbocycles. The van der Waals surface area contributed by atoms with Crippen LogP contribution in [0.5, 0.6) is 0 Å². The van der Waals surface area contributed by atoms with Gasteiger partial charge in [-0.3, -0.25) is 10.1 Å². The van der Waals surface area contributed by atoms with Gasteiger partial charge in [-0.2, -0.15) is 0 Å². The van der Waals surface area contributed by atoms with Gasteiger partial charge in [0.2, 0.25) is 0 Å². The lowest BCUT2D eigenvalue weighted by atomic mass is 9.92. The first-order valence-electron chi connectivity index (χ1n) is 6.91. The lowest BCUT2D eigenvalue weighted by molar-refractivity contribution is -0.385. The van der Waals surface area contributed by atoms with Crippen molar-refractivity contribution in [3.05, 3.63) is 32.3 Å². The zero-order valence-corrected chi connectivity index (χ0v) is 13.4. The zero-order chi connectivity index (χ0) is 14.7. The van der Waals surface area contributed by atoms with Gasteiger partial charge in [-0.05, 0) is 67.7 Å². The molecule has 1 aliphatic rings. The monoisotopic (exact) mass is 341 g/mol. The molecule has 1 heterocycles. The molecule has 0 amide bonds. The van der Waals surface area contributed by atoms with Crippen molar-refractivity contribution >= 4 is 27.3 Å². The van der Waals surface area contributed by atoms with Crippen LogP contribution in [0, 0.1) is 23.0 Å². The Morgan fingerprint density at radius 3 is 2.90 bits per heavy atom. The molecule has 6 heteroatoms. The van der Waals surface area contributed by atoms with E-state index >= 15 is 0 Å². The Labute approximate surface area is 127 Å². The molecule has 0 radical (unpaired) electrons. The third kappa shape index (κ3) is 3.49. The number of hydrogen-bond acceptors (Lipinski definition) is 4. The van der Waals surface area contributed by atoms with E-state index in [9.17, 15) is 10.1 Å². The number of nitrogens with one attached hydrogen (secondary N) is 2. The van der Waals surface area contributed by atoms with Gasteiger partial charge in [-0.25, -0.2) is 0 Å². The van der Waals surface area contributed by atoms with Crippen molar-refractivity contribution in [3.63, 3.8) is 0 Å². The van der Waals surface area contributed by atoms with Gasteiger partial charge in [0.25, 0.3) is 5.69 Å². The Hall–Kier alpha value is -1.14. The van der Waals surface area contributed by atoms with Crippen LogP contribution in [0.15, 0.2) is 16.6 Å². The first-order valence-corrected chi connectivity index (χ1v) is 7.70. The van der Waals surface area contributed by atoms with Gasteiger partial charge >= 0.3 is 0 Å². The van der Waals surface area contributed by atoms with E-state index in [1.54, 1.807) is 13.0 Å². The highest BCUT2D eigenvalue weighted by Gasteiger charge is 2.21. The molecule has 1 aliphatic heterocycles. The molecule has 1 fully saturated rings. The molecule has 0 saturated carbocycles. The molecule has 0 bridgehead atoms. The van der Waals surface area contributed by atoms with Gasteiger partial charge in [0, 0.05) is 27.8 Å². The average Bonchev–Trinajstić information content (AvgIpc) is 2.43. The quantitative estimate of drug-likeness (QED) is 0.650. The van der Waals surface area contributed by atoms with E-state index in [4.69, 9.17) is 0 Å². The Morgan fingerprint density at radius 2 is 2.30 bits per heavy atom. The van der Waals surface area contributed by atoms with Crippen LogP contribution in [0.1, 0.15) is 25.3 Å². The van der Waals surface area contributed by atoms with Crippen molar-refractivity contribution in [2.24, 2.45) is 5.92 Å². The summed E-state index contributed by atoms with van der Waals surface area (Å²) >= 11 is 3.42. The summed E-state index contributed by atoms with van der Waals surface area (Å²) in [4.78, 5) is 10.6. The van der Waals surface area contributed by atoms with Gasteiger partial charge in [-0.15, -0.1) is 0 Å². The predicted octanol–water partition coefficient (Wildman–Crippen LogP) is 3.47. The summed E-state index contributed by atoms with van der Waals surface area (Å²) in [6.45, 7) is 6.06. The molecule has 1 saturated heterocycles. The molecular weight excluding hydrogens is 322 g/mol. The van der Waals surface area contributed by atoms with Crippen LogP contribution >= 0.6 is 15.9 Å². The third-order valence-electron chi connectivity index (χ3n) is 3.91. The van der Waals surface area contributed by atoms with E-state index in [-0.39, 0.29) is 10.6 Å². The molecule has 2 unspecified atom stereocenters. The number of aryl methyl sites for hydroxylation is 1. The fourth-order valence-corrected chi connectivity index (χ4v) is 3.09. The number of piperidine rings is 1. The minimum Gasteiger partial charge on any atom is -0.381 e. The summed E-state index contributed by atoms with van der Waals surface area (Å²) < 4.78 is 0.741. The highest BCUT2D eigenvalue weighted by molar-refractivity contribution is 9.10. The van der Waals surface area contributed by atoms with Crippen LogP contribution in [0.3, 0.4) is 0 Å². The maximum atomic E-state index is 10.9. The summed E-state index contributed by atoms with van der Waals surface area (Å²) in [6.07, 6.45) is 2.42. The highest BCUT2D eigenvalue weighted by atomic mass is 79.9. The second kappa shape index (κ2) is 6.54. The SMILES string of the molecule is Cc1cc(NC(C)C2CCCNC2)c(Br)cc1[N+](=O)[O-]. The Kier molecular flexibility index (Phi) is 4.99. The molecule has 0 spiro atoms.